The number of ether oxygens (including phenoxy) is 2. The van der Waals surface area contributed by atoms with Crippen LogP contribution in [0.5, 0.6) is 11.5 Å². The fraction of sp³-hybridized carbons (Fsp3) is 0.257. The molecule has 0 bridgehead atoms. The summed E-state index contributed by atoms with van der Waals surface area (Å²) in [6, 6.07) is 9.14. The first-order valence-corrected chi connectivity index (χ1v) is 15.6. The summed E-state index contributed by atoms with van der Waals surface area (Å²) in [7, 11) is 6.68. The summed E-state index contributed by atoms with van der Waals surface area (Å²) in [4.78, 5) is 69.8. The molecule has 15 nitrogen and oxygen atoms in total. The van der Waals surface area contributed by atoms with Crippen LogP contribution < -0.4 is 25.7 Å². The molecule has 4 heterocycles. The molecule has 0 aliphatic carbocycles. The molecular weight excluding hydrogens is 644 g/mol. The minimum absolute atomic E-state index is 0.0342. The third-order valence-corrected chi connectivity index (χ3v) is 8.75. The van der Waals surface area contributed by atoms with E-state index in [0.717, 1.165) is 27.0 Å². The first-order chi connectivity index (χ1) is 24.0. The number of fused-ring (bicyclic) bond motifs is 2. The predicted molar refractivity (Wildman–Crippen MR) is 182 cm³/mol. The van der Waals surface area contributed by atoms with E-state index in [0.29, 0.717) is 34.8 Å². The lowest BCUT2D eigenvalue weighted by Crippen LogP contribution is -2.54. The maximum Gasteiger partial charge on any atom is 0.262 e. The highest BCUT2D eigenvalue weighted by Gasteiger charge is 2.44. The Morgan fingerprint density at radius 3 is 2.44 bits per heavy atom. The molecule has 3 N–H and O–H groups in total. The predicted octanol–water partition coefficient (Wildman–Crippen LogP) is 3.44. The van der Waals surface area contributed by atoms with Gasteiger partial charge >= 0.3 is 0 Å². The van der Waals surface area contributed by atoms with Crippen molar-refractivity contribution in [2.24, 2.45) is 12.2 Å². The van der Waals surface area contributed by atoms with Crippen molar-refractivity contribution in [3.8, 4) is 22.6 Å². The number of nitrogens with zero attached hydrogens (tertiary/aromatic N) is 5. The van der Waals surface area contributed by atoms with Gasteiger partial charge in [0.1, 0.15) is 17.5 Å². The topological polar surface area (TPSA) is 188 Å². The van der Waals surface area contributed by atoms with E-state index in [1.807, 2.05) is 24.1 Å². The number of hydrogen-bond acceptors (Lipinski definition) is 12. The largest absolute Gasteiger partial charge is 0.496 e. The van der Waals surface area contributed by atoms with Crippen molar-refractivity contribution in [3.05, 3.63) is 93.9 Å². The molecule has 1 atom stereocenters. The number of amides is 4. The van der Waals surface area contributed by atoms with Crippen molar-refractivity contribution in [1.29, 1.82) is 5.53 Å². The number of anilines is 1. The molecule has 0 spiro atoms. The number of piperidine rings is 1. The zero-order valence-electron chi connectivity index (χ0n) is 27.8. The third kappa shape index (κ3) is 6.21. The van der Waals surface area contributed by atoms with Gasteiger partial charge in [0.2, 0.25) is 11.8 Å². The Labute approximate surface area is 286 Å². The van der Waals surface area contributed by atoms with Crippen LogP contribution in [0.15, 0.2) is 76.8 Å². The van der Waals surface area contributed by atoms with Crippen LogP contribution in [-0.2, 0) is 23.2 Å². The summed E-state index contributed by atoms with van der Waals surface area (Å²) in [5.41, 5.74) is 11.1. The van der Waals surface area contributed by atoms with E-state index >= 15 is 0 Å². The Kier molecular flexibility index (Phi) is 9.24. The zero-order valence-corrected chi connectivity index (χ0v) is 27.8. The minimum Gasteiger partial charge on any atom is -0.496 e. The van der Waals surface area contributed by atoms with Gasteiger partial charge in [-0.05, 0) is 60.8 Å². The van der Waals surface area contributed by atoms with Gasteiger partial charge < -0.3 is 19.4 Å². The number of benzene rings is 2. The van der Waals surface area contributed by atoms with Crippen LogP contribution >= 0.6 is 0 Å². The molecule has 6 rings (SSSR count). The number of methoxy groups -OCH3 is 2. The fourth-order valence-corrected chi connectivity index (χ4v) is 6.28. The molecular formula is C35H34N8O7. The number of carbonyl (C=O) groups excluding carboxylic acids is 4. The molecule has 1 unspecified atom stereocenters. The second-order valence-electron chi connectivity index (χ2n) is 12.0. The van der Waals surface area contributed by atoms with Crippen molar-refractivity contribution < 1.29 is 28.7 Å². The van der Waals surface area contributed by atoms with Crippen molar-refractivity contribution >= 4 is 40.1 Å². The maximum atomic E-state index is 13.2. The first kappa shape index (κ1) is 33.7. The number of carbonyl (C=O) groups is 4. The molecule has 2 aliphatic rings. The van der Waals surface area contributed by atoms with Gasteiger partial charge in [-0.25, -0.2) is 5.53 Å². The Hall–Kier alpha value is -6.22. The molecule has 4 amide bonds. The molecule has 0 saturated carbocycles. The highest BCUT2D eigenvalue weighted by atomic mass is 16.5. The van der Waals surface area contributed by atoms with E-state index in [-0.39, 0.29) is 36.1 Å². The van der Waals surface area contributed by atoms with Gasteiger partial charge in [0.15, 0.2) is 0 Å². The average molecular weight is 679 g/mol. The summed E-state index contributed by atoms with van der Waals surface area (Å²) in [5, 5.41) is 10.1. The van der Waals surface area contributed by atoms with E-state index in [4.69, 9.17) is 15.0 Å². The minimum atomic E-state index is -1.06. The van der Waals surface area contributed by atoms with Gasteiger partial charge in [0, 0.05) is 62.6 Å². The molecule has 2 aromatic heterocycles. The maximum absolute atomic E-state index is 13.2. The number of aromatic nitrogens is 2. The van der Waals surface area contributed by atoms with Gasteiger partial charge in [-0.3, -0.25) is 44.1 Å². The average Bonchev–Trinajstić information content (AvgIpc) is 3.36. The Morgan fingerprint density at radius 1 is 1.04 bits per heavy atom. The second-order valence-corrected chi connectivity index (χ2v) is 12.0. The van der Waals surface area contributed by atoms with E-state index in [9.17, 15) is 24.0 Å². The van der Waals surface area contributed by atoms with Gasteiger partial charge in [0.05, 0.1) is 42.0 Å². The number of nitrogens with one attached hydrogen (secondary N) is 3. The Morgan fingerprint density at radius 2 is 1.76 bits per heavy atom. The van der Waals surface area contributed by atoms with E-state index < -0.39 is 29.7 Å². The molecule has 15 heteroatoms. The van der Waals surface area contributed by atoms with E-state index in [1.54, 1.807) is 52.0 Å². The molecule has 2 aromatic carbocycles. The van der Waals surface area contributed by atoms with Crippen LogP contribution in [0.1, 0.15) is 39.1 Å². The fourth-order valence-electron chi connectivity index (χ4n) is 6.28. The van der Waals surface area contributed by atoms with Gasteiger partial charge in [-0.2, -0.15) is 5.11 Å². The summed E-state index contributed by atoms with van der Waals surface area (Å²) in [6.45, 7) is 0.609. The summed E-state index contributed by atoms with van der Waals surface area (Å²) < 4.78 is 13.1. The van der Waals surface area contributed by atoms with Crippen molar-refractivity contribution in [2.75, 3.05) is 33.1 Å². The molecule has 4 aromatic rings. The highest BCUT2D eigenvalue weighted by Crippen LogP contribution is 2.38. The quantitative estimate of drug-likeness (QED) is 0.157. The third-order valence-electron chi connectivity index (χ3n) is 8.75. The lowest BCUT2D eigenvalue weighted by molar-refractivity contribution is -0.136. The van der Waals surface area contributed by atoms with Crippen LogP contribution in [0.25, 0.3) is 21.9 Å². The van der Waals surface area contributed by atoms with Crippen LogP contribution in [0.2, 0.25) is 0 Å². The SMILES string of the molecule is COc1cc(-c2cn(C)c(=O)c3cnccc23)cc(OC)c1CN(C)C/C(=C/Nc1ccc2c(c1)C(=O)N(C1CCC(=O)NC1=O)C2=O)N=N. The van der Waals surface area contributed by atoms with Crippen molar-refractivity contribution in [1.82, 2.24) is 24.7 Å². The zero-order chi connectivity index (χ0) is 35.7. The number of aryl methyl sites for hydroxylation is 1. The van der Waals surface area contributed by atoms with Crippen LogP contribution in [0.3, 0.4) is 0 Å². The molecule has 2 aliphatic heterocycles. The van der Waals surface area contributed by atoms with Crippen LogP contribution in [0.4, 0.5) is 5.69 Å². The molecule has 0 radical (unpaired) electrons. The van der Waals surface area contributed by atoms with Gasteiger partial charge in [0.25, 0.3) is 17.4 Å². The monoisotopic (exact) mass is 678 g/mol. The van der Waals surface area contributed by atoms with Gasteiger partial charge in [-0.1, -0.05) is 0 Å². The number of imide groups is 2. The normalized spacial score (nSPS) is 16.1. The first-order valence-electron chi connectivity index (χ1n) is 15.6. The lowest BCUT2D eigenvalue weighted by Gasteiger charge is -2.27. The van der Waals surface area contributed by atoms with Crippen molar-refractivity contribution in [2.45, 2.75) is 25.4 Å². The summed E-state index contributed by atoms with van der Waals surface area (Å²) >= 11 is 0. The van der Waals surface area contributed by atoms with Gasteiger partial charge in [-0.15, -0.1) is 0 Å². The molecule has 50 heavy (non-hydrogen) atoms. The number of hydrogen-bond donors (Lipinski definition) is 3. The standard InChI is InChI=1S/C35H34N8O7/c1-41(17-27-29(49-3)11-19(12-30(27)50-4)26-18-42(2)33(46)25-15-37-10-9-22(25)26)16-21(40-36)14-38-20-5-6-23-24(13-20)35(48)43(34(23)47)28-7-8-31(44)39-32(28)45/h5-6,9-15,18,28,36,38H,7-8,16-17H2,1-4H3,(H,39,44,45)/b21-14-,40-36?. The smallest absolute Gasteiger partial charge is 0.262 e. The summed E-state index contributed by atoms with van der Waals surface area (Å²) in [5.74, 6) is -1.19. The Balaban J connectivity index is 1.19. The molecule has 256 valence electrons. The molecule has 1 saturated heterocycles. The number of pyridine rings is 2. The highest BCUT2D eigenvalue weighted by molar-refractivity contribution is 6.23. The van der Waals surface area contributed by atoms with Crippen LogP contribution in [0, 0.1) is 5.53 Å². The summed E-state index contributed by atoms with van der Waals surface area (Å²) in [6.07, 6.45) is 6.60. The Bertz CT molecular complexity index is 2150. The van der Waals surface area contributed by atoms with E-state index in [2.05, 4.69) is 20.7 Å². The van der Waals surface area contributed by atoms with Crippen molar-refractivity contribution in [3.63, 3.8) is 0 Å². The van der Waals surface area contributed by atoms with E-state index in [1.165, 1.54) is 22.9 Å². The molecule has 1 fully saturated rings. The second kappa shape index (κ2) is 13.7. The number of rotatable bonds is 11. The number of likely N-dealkylation sites (N-methyl/N-ethyl adjacent to an activating group) is 1. The van der Waals surface area contributed by atoms with Crippen LogP contribution in [-0.4, -0.2) is 76.8 Å². The lowest BCUT2D eigenvalue weighted by atomic mass is 9.99.